The fourth-order valence-electron chi connectivity index (χ4n) is 9.07. The monoisotopic (exact) mass is 727 g/mol. The molecule has 3 nitrogen and oxygen atoms in total. The van der Waals surface area contributed by atoms with E-state index in [-0.39, 0.29) is 0 Å². The third-order valence-corrected chi connectivity index (χ3v) is 11.6. The van der Waals surface area contributed by atoms with Crippen molar-refractivity contribution in [2.45, 2.75) is 0 Å². The summed E-state index contributed by atoms with van der Waals surface area (Å²) in [7, 11) is 0. The van der Waals surface area contributed by atoms with Gasteiger partial charge in [-0.25, -0.2) is 0 Å². The van der Waals surface area contributed by atoms with Crippen molar-refractivity contribution in [3.63, 3.8) is 0 Å². The molecular weight excluding hydrogens is 695 g/mol. The third kappa shape index (κ3) is 4.86. The summed E-state index contributed by atoms with van der Waals surface area (Å²) in [5.74, 6) is 0. The van der Waals surface area contributed by atoms with Gasteiger partial charge in [-0.05, 0) is 81.2 Å². The SMILES string of the molecule is c1ccc(-n2c3ccc(-c4cccc5c4oc4ccccc45)cc3c3ccccc3c3ccccc3c3cc(-c4cccc5c4oc4ccccc45)ccc32)cc1. The van der Waals surface area contributed by atoms with E-state index in [1.54, 1.807) is 0 Å². The Kier molecular flexibility index (Phi) is 6.93. The van der Waals surface area contributed by atoms with Gasteiger partial charge >= 0.3 is 0 Å². The zero-order valence-electron chi connectivity index (χ0n) is 30.8. The maximum absolute atomic E-state index is 6.57. The van der Waals surface area contributed by atoms with Gasteiger partial charge in [0.1, 0.15) is 22.3 Å². The van der Waals surface area contributed by atoms with Gasteiger partial charge in [-0.3, -0.25) is 0 Å². The molecule has 0 saturated heterocycles. The van der Waals surface area contributed by atoms with E-state index in [4.69, 9.17) is 8.83 Å². The Hall–Kier alpha value is -7.62. The molecule has 266 valence electrons. The van der Waals surface area contributed by atoms with Crippen LogP contribution in [-0.2, 0) is 0 Å². The van der Waals surface area contributed by atoms with Gasteiger partial charge in [0.15, 0.2) is 0 Å². The lowest BCUT2D eigenvalue weighted by molar-refractivity contribution is 0.669. The third-order valence-electron chi connectivity index (χ3n) is 11.6. The van der Waals surface area contributed by atoms with Gasteiger partial charge < -0.3 is 13.4 Å². The predicted molar refractivity (Wildman–Crippen MR) is 239 cm³/mol. The maximum Gasteiger partial charge on any atom is 0.143 e. The highest BCUT2D eigenvalue weighted by Crippen LogP contribution is 2.41. The standard InChI is InChI=1S/C54H33NO2/c1-2-14-36(15-3-1)55-49-30-28-34(37-22-12-24-45-43-20-8-10-26-51(43)56-53(37)45)32-47(49)41-18-6-4-16-39(41)40-17-5-7-19-42(40)48-33-35(29-31-50(48)55)38-23-13-25-46-44-21-9-11-27-52(44)57-54(38)46/h1-33H. The average molecular weight is 728 g/mol. The van der Waals surface area contributed by atoms with Crippen LogP contribution in [0.1, 0.15) is 0 Å². The van der Waals surface area contributed by atoms with E-state index in [9.17, 15) is 0 Å². The minimum Gasteiger partial charge on any atom is -0.455 e. The summed E-state index contributed by atoms with van der Waals surface area (Å²) in [6.07, 6.45) is 0. The van der Waals surface area contributed by atoms with Crippen LogP contribution in [0.2, 0.25) is 0 Å². The smallest absolute Gasteiger partial charge is 0.143 e. The van der Waals surface area contributed by atoms with Crippen molar-refractivity contribution in [3.05, 3.63) is 200 Å². The van der Waals surface area contributed by atoms with E-state index >= 15 is 0 Å². The molecule has 12 aromatic rings. The van der Waals surface area contributed by atoms with Crippen molar-refractivity contribution in [2.75, 3.05) is 0 Å². The van der Waals surface area contributed by atoms with E-state index in [0.717, 1.165) is 93.6 Å². The van der Waals surface area contributed by atoms with Crippen LogP contribution in [0.5, 0.6) is 0 Å². The largest absolute Gasteiger partial charge is 0.455 e. The zero-order valence-corrected chi connectivity index (χ0v) is 30.8. The molecule has 0 radical (unpaired) electrons. The molecule has 12 rings (SSSR count). The summed E-state index contributed by atoms with van der Waals surface area (Å²) in [6, 6.07) is 71.8. The van der Waals surface area contributed by atoms with Gasteiger partial charge in [0.25, 0.3) is 0 Å². The number of hydrogen-bond donors (Lipinski definition) is 0. The first-order valence-electron chi connectivity index (χ1n) is 19.4. The van der Waals surface area contributed by atoms with E-state index in [2.05, 4.69) is 193 Å². The molecule has 0 atom stereocenters. The molecule has 0 saturated carbocycles. The summed E-state index contributed by atoms with van der Waals surface area (Å²) in [4.78, 5) is 0. The second-order valence-electron chi connectivity index (χ2n) is 14.8. The van der Waals surface area contributed by atoms with Crippen molar-refractivity contribution >= 4 is 87.2 Å². The van der Waals surface area contributed by atoms with Gasteiger partial charge in [-0.2, -0.15) is 0 Å². The van der Waals surface area contributed by atoms with Crippen molar-refractivity contribution in [1.82, 2.24) is 4.57 Å². The fourth-order valence-corrected chi connectivity index (χ4v) is 9.07. The summed E-state index contributed by atoms with van der Waals surface area (Å²) in [5, 5.41) is 11.5. The molecule has 0 unspecified atom stereocenters. The zero-order chi connectivity index (χ0) is 37.5. The molecule has 0 spiro atoms. The molecule has 3 heteroatoms. The summed E-state index contributed by atoms with van der Waals surface area (Å²) in [6.45, 7) is 0. The van der Waals surface area contributed by atoms with Crippen LogP contribution in [0.15, 0.2) is 209 Å². The number of rotatable bonds is 3. The average Bonchev–Trinajstić information content (AvgIpc) is 3.87. The minimum atomic E-state index is 0.896. The van der Waals surface area contributed by atoms with Crippen molar-refractivity contribution in [3.8, 4) is 27.9 Å². The van der Waals surface area contributed by atoms with Crippen molar-refractivity contribution < 1.29 is 8.83 Å². The highest BCUT2D eigenvalue weighted by atomic mass is 16.3. The second-order valence-corrected chi connectivity index (χ2v) is 14.8. The molecule has 0 N–H and O–H groups in total. The summed E-state index contributed by atoms with van der Waals surface area (Å²) < 4.78 is 15.6. The molecular formula is C54H33NO2. The Morgan fingerprint density at radius 1 is 0.281 bits per heavy atom. The van der Waals surface area contributed by atoms with Gasteiger partial charge in [0, 0.05) is 49.1 Å². The van der Waals surface area contributed by atoms with Crippen LogP contribution in [0.25, 0.3) is 115 Å². The first-order chi connectivity index (χ1) is 28.3. The highest BCUT2D eigenvalue weighted by molar-refractivity contribution is 6.21. The van der Waals surface area contributed by atoms with Crippen LogP contribution in [0.3, 0.4) is 0 Å². The van der Waals surface area contributed by atoms with E-state index in [1.807, 2.05) is 12.1 Å². The molecule has 0 amide bonds. The molecule has 0 aliphatic rings. The van der Waals surface area contributed by atoms with Crippen molar-refractivity contribution in [2.24, 2.45) is 0 Å². The first kappa shape index (κ1) is 31.7. The van der Waals surface area contributed by atoms with E-state index in [0.29, 0.717) is 0 Å². The number of fused-ring (bicyclic) bond motifs is 13. The minimum absolute atomic E-state index is 0.896. The first-order valence-corrected chi connectivity index (χ1v) is 19.4. The Bertz CT molecular complexity index is 3420. The number of nitrogens with zero attached hydrogens (tertiary/aromatic N) is 1. The van der Waals surface area contributed by atoms with Crippen LogP contribution in [0.4, 0.5) is 0 Å². The molecule has 9 aromatic carbocycles. The van der Waals surface area contributed by atoms with Crippen LogP contribution in [0, 0.1) is 0 Å². The lowest BCUT2D eigenvalue weighted by Gasteiger charge is -2.15. The van der Waals surface area contributed by atoms with Crippen LogP contribution < -0.4 is 0 Å². The van der Waals surface area contributed by atoms with Crippen LogP contribution in [-0.4, -0.2) is 4.57 Å². The van der Waals surface area contributed by atoms with Gasteiger partial charge in [-0.1, -0.05) is 152 Å². The van der Waals surface area contributed by atoms with Gasteiger partial charge in [0.05, 0.1) is 11.0 Å². The Labute approximate surface area is 327 Å². The number of hydrogen-bond acceptors (Lipinski definition) is 2. The highest BCUT2D eigenvalue weighted by Gasteiger charge is 2.17. The Morgan fingerprint density at radius 2 is 0.667 bits per heavy atom. The van der Waals surface area contributed by atoms with Crippen LogP contribution >= 0.6 is 0 Å². The van der Waals surface area contributed by atoms with E-state index < -0.39 is 0 Å². The number of benzene rings is 9. The molecule has 0 fully saturated rings. The topological polar surface area (TPSA) is 31.2 Å². The lowest BCUT2D eigenvalue weighted by atomic mass is 9.97. The lowest BCUT2D eigenvalue weighted by Crippen LogP contribution is -1.98. The number of furan rings is 2. The molecule has 3 aromatic heterocycles. The van der Waals surface area contributed by atoms with Gasteiger partial charge in [0.2, 0.25) is 0 Å². The second kappa shape index (κ2) is 12.5. The van der Waals surface area contributed by atoms with E-state index in [1.165, 1.54) is 21.5 Å². The predicted octanol–water partition coefficient (Wildman–Crippen LogP) is 15.3. The van der Waals surface area contributed by atoms with Gasteiger partial charge in [-0.15, -0.1) is 0 Å². The number of aromatic nitrogens is 1. The Balaban J connectivity index is 1.25. The molecule has 57 heavy (non-hydrogen) atoms. The summed E-state index contributed by atoms with van der Waals surface area (Å²) in [5.41, 5.74) is 11.2. The molecule has 0 aliphatic heterocycles. The molecule has 0 aliphatic carbocycles. The molecule has 3 heterocycles. The molecule has 0 bridgehead atoms. The quantitative estimate of drug-likeness (QED) is 0.181. The maximum atomic E-state index is 6.57. The summed E-state index contributed by atoms with van der Waals surface area (Å²) >= 11 is 0. The Morgan fingerprint density at radius 3 is 1.14 bits per heavy atom. The van der Waals surface area contributed by atoms with Crippen molar-refractivity contribution in [1.29, 1.82) is 0 Å². The fraction of sp³-hybridized carbons (Fsp3) is 0. The number of para-hydroxylation sites is 5. The normalized spacial score (nSPS) is 11.9.